The first-order valence-electron chi connectivity index (χ1n) is 7.49. The zero-order valence-corrected chi connectivity index (χ0v) is 13.2. The molecule has 0 unspecified atom stereocenters. The molecule has 4 nitrogen and oxygen atoms in total. The summed E-state index contributed by atoms with van der Waals surface area (Å²) in [5.41, 5.74) is 1.25. The summed E-state index contributed by atoms with van der Waals surface area (Å²) in [6.45, 7) is 3.95. The fourth-order valence-electron chi connectivity index (χ4n) is 2.30. The van der Waals surface area contributed by atoms with Gasteiger partial charge in [-0.2, -0.15) is 0 Å². The van der Waals surface area contributed by atoms with Gasteiger partial charge in [0.2, 0.25) is 0 Å². The van der Waals surface area contributed by atoms with Gasteiger partial charge in [0.15, 0.2) is 11.7 Å². The van der Waals surface area contributed by atoms with Crippen LogP contribution >= 0.6 is 12.2 Å². The first-order valence-corrected chi connectivity index (χ1v) is 7.90. The molecule has 1 aromatic rings. The summed E-state index contributed by atoms with van der Waals surface area (Å²) in [5, 5.41) is 3.25. The summed E-state index contributed by atoms with van der Waals surface area (Å²) in [5.74, 6) is 0.497. The Kier molecular flexibility index (Phi) is 5.99. The minimum absolute atomic E-state index is 0.0144. The van der Waals surface area contributed by atoms with Crippen LogP contribution in [0.1, 0.15) is 31.7 Å². The molecule has 114 valence electrons. The average Bonchev–Trinajstić information content (AvgIpc) is 2.54. The molecule has 1 saturated heterocycles. The van der Waals surface area contributed by atoms with Gasteiger partial charge in [-0.15, -0.1) is 0 Å². The molecular weight excluding hydrogens is 284 g/mol. The van der Waals surface area contributed by atoms with E-state index in [9.17, 15) is 4.79 Å². The molecule has 1 aliphatic rings. The molecule has 0 saturated carbocycles. The largest absolute Gasteiger partial charge is 0.484 e. The van der Waals surface area contributed by atoms with Crippen molar-refractivity contribution in [2.45, 2.75) is 32.6 Å². The highest BCUT2D eigenvalue weighted by Crippen LogP contribution is 2.12. The zero-order valence-electron chi connectivity index (χ0n) is 12.4. The van der Waals surface area contributed by atoms with Crippen LogP contribution in [-0.4, -0.2) is 35.6 Å². The van der Waals surface area contributed by atoms with Crippen LogP contribution in [0.25, 0.3) is 0 Å². The Morgan fingerprint density at radius 1 is 1.24 bits per heavy atom. The Labute approximate surface area is 131 Å². The number of benzene rings is 1. The normalized spacial score (nSPS) is 14.6. The smallest absolute Gasteiger partial charge is 0.264 e. The van der Waals surface area contributed by atoms with E-state index in [2.05, 4.69) is 12.2 Å². The minimum atomic E-state index is -0.204. The lowest BCUT2D eigenvalue weighted by Crippen LogP contribution is -2.46. The van der Waals surface area contributed by atoms with Crippen molar-refractivity contribution in [3.8, 4) is 5.75 Å². The topological polar surface area (TPSA) is 41.6 Å². The number of piperidine rings is 1. The van der Waals surface area contributed by atoms with E-state index in [4.69, 9.17) is 17.0 Å². The summed E-state index contributed by atoms with van der Waals surface area (Å²) >= 11 is 5.25. The van der Waals surface area contributed by atoms with Crippen LogP contribution in [0.3, 0.4) is 0 Å². The van der Waals surface area contributed by atoms with E-state index < -0.39 is 0 Å². The molecule has 1 aromatic carbocycles. The molecule has 1 N–H and O–H groups in total. The molecule has 5 heteroatoms. The Morgan fingerprint density at radius 2 is 1.90 bits per heavy atom. The molecular formula is C16H22N2O2S. The molecule has 21 heavy (non-hydrogen) atoms. The summed E-state index contributed by atoms with van der Waals surface area (Å²) in [6, 6.07) is 7.78. The van der Waals surface area contributed by atoms with E-state index in [1.807, 2.05) is 29.2 Å². The van der Waals surface area contributed by atoms with E-state index in [-0.39, 0.29) is 12.5 Å². The number of hydrogen-bond acceptors (Lipinski definition) is 3. The first-order chi connectivity index (χ1) is 10.2. The molecule has 0 aliphatic carbocycles. The van der Waals surface area contributed by atoms with E-state index in [1.54, 1.807) is 0 Å². The molecule has 1 amide bonds. The third-order valence-electron chi connectivity index (χ3n) is 3.59. The number of carbonyl (C=O) groups excluding carboxylic acids is 1. The predicted molar refractivity (Wildman–Crippen MR) is 87.5 cm³/mol. The molecule has 0 spiro atoms. The molecule has 1 fully saturated rings. The van der Waals surface area contributed by atoms with E-state index in [1.165, 1.54) is 12.0 Å². The molecule has 2 rings (SSSR count). The first kappa shape index (κ1) is 15.8. The third kappa shape index (κ3) is 5.01. The number of likely N-dealkylation sites (tertiary alicyclic amines) is 1. The van der Waals surface area contributed by atoms with Crippen molar-refractivity contribution in [1.82, 2.24) is 10.2 Å². The Balaban J connectivity index is 1.74. The number of carbonyl (C=O) groups is 1. The van der Waals surface area contributed by atoms with Crippen LogP contribution in [0, 0.1) is 0 Å². The Bertz CT molecular complexity index is 482. The van der Waals surface area contributed by atoms with Crippen LogP contribution in [0.2, 0.25) is 0 Å². The van der Waals surface area contributed by atoms with Crippen LogP contribution in [0.4, 0.5) is 0 Å². The highest BCUT2D eigenvalue weighted by Gasteiger charge is 2.15. The van der Waals surface area contributed by atoms with Crippen LogP contribution in [0.15, 0.2) is 24.3 Å². The maximum Gasteiger partial charge on any atom is 0.264 e. The van der Waals surface area contributed by atoms with Crippen molar-refractivity contribution >= 4 is 23.2 Å². The van der Waals surface area contributed by atoms with Crippen LogP contribution in [0.5, 0.6) is 5.75 Å². The highest BCUT2D eigenvalue weighted by molar-refractivity contribution is 7.80. The number of thiocarbonyl (C=S) groups is 1. The van der Waals surface area contributed by atoms with Crippen LogP contribution < -0.4 is 10.1 Å². The van der Waals surface area contributed by atoms with Crippen molar-refractivity contribution in [3.05, 3.63) is 29.8 Å². The SMILES string of the molecule is CCc1ccc(OCC(=O)NC(=S)N2CCCCC2)cc1. The summed E-state index contributed by atoms with van der Waals surface area (Å²) in [4.78, 5) is 13.9. The fraction of sp³-hybridized carbons (Fsp3) is 0.500. The lowest BCUT2D eigenvalue weighted by molar-refractivity contribution is -0.121. The predicted octanol–water partition coefficient (Wildman–Crippen LogP) is 2.51. The van der Waals surface area contributed by atoms with Gasteiger partial charge >= 0.3 is 0 Å². The summed E-state index contributed by atoms with van der Waals surface area (Å²) in [7, 11) is 0. The van der Waals surface area contributed by atoms with Gasteiger partial charge in [-0.1, -0.05) is 19.1 Å². The summed E-state index contributed by atoms with van der Waals surface area (Å²) in [6.07, 6.45) is 4.50. The lowest BCUT2D eigenvalue weighted by Gasteiger charge is -2.28. The zero-order chi connectivity index (χ0) is 15.1. The quantitative estimate of drug-likeness (QED) is 0.868. The number of nitrogens with zero attached hydrogens (tertiary/aromatic N) is 1. The van der Waals surface area contributed by atoms with Crippen molar-refractivity contribution < 1.29 is 9.53 Å². The van der Waals surface area contributed by atoms with Gasteiger partial charge in [-0.25, -0.2) is 0 Å². The van der Waals surface area contributed by atoms with Crippen LogP contribution in [-0.2, 0) is 11.2 Å². The second kappa shape index (κ2) is 7.98. The number of nitrogens with one attached hydrogen (secondary N) is 1. The molecule has 0 aromatic heterocycles. The number of ether oxygens (including phenoxy) is 1. The Morgan fingerprint density at radius 3 is 2.52 bits per heavy atom. The number of amides is 1. The van der Waals surface area contributed by atoms with Gasteiger partial charge in [0, 0.05) is 13.1 Å². The van der Waals surface area contributed by atoms with Gasteiger partial charge in [0.25, 0.3) is 5.91 Å². The Hall–Kier alpha value is -1.62. The second-order valence-corrected chi connectivity index (χ2v) is 5.57. The molecule has 1 aliphatic heterocycles. The standard InChI is InChI=1S/C16H22N2O2S/c1-2-13-6-8-14(9-7-13)20-12-15(19)17-16(21)18-10-4-3-5-11-18/h6-9H,2-5,10-12H2,1H3,(H,17,19,21). The molecule has 0 atom stereocenters. The number of rotatable bonds is 4. The van der Waals surface area contributed by atoms with E-state index in [0.717, 1.165) is 32.4 Å². The highest BCUT2D eigenvalue weighted by atomic mass is 32.1. The van der Waals surface area contributed by atoms with Crippen molar-refractivity contribution in [2.75, 3.05) is 19.7 Å². The third-order valence-corrected chi connectivity index (χ3v) is 3.95. The minimum Gasteiger partial charge on any atom is -0.484 e. The van der Waals surface area contributed by atoms with E-state index >= 15 is 0 Å². The maximum atomic E-state index is 11.8. The van der Waals surface area contributed by atoms with Gasteiger partial charge < -0.3 is 15.0 Å². The molecule has 0 radical (unpaired) electrons. The summed E-state index contributed by atoms with van der Waals surface area (Å²) < 4.78 is 5.47. The second-order valence-electron chi connectivity index (χ2n) is 5.19. The van der Waals surface area contributed by atoms with Gasteiger partial charge in [0.1, 0.15) is 5.75 Å². The van der Waals surface area contributed by atoms with Crippen molar-refractivity contribution in [2.24, 2.45) is 0 Å². The number of hydrogen-bond donors (Lipinski definition) is 1. The van der Waals surface area contributed by atoms with Gasteiger partial charge in [-0.05, 0) is 55.6 Å². The molecule has 1 heterocycles. The maximum absolute atomic E-state index is 11.8. The van der Waals surface area contributed by atoms with Gasteiger partial charge in [0.05, 0.1) is 0 Å². The monoisotopic (exact) mass is 306 g/mol. The molecule has 0 bridgehead atoms. The average molecular weight is 306 g/mol. The number of aryl methyl sites for hydroxylation is 1. The lowest BCUT2D eigenvalue weighted by atomic mass is 10.1. The fourth-order valence-corrected chi connectivity index (χ4v) is 2.60. The van der Waals surface area contributed by atoms with E-state index in [0.29, 0.717) is 10.9 Å². The van der Waals surface area contributed by atoms with Gasteiger partial charge in [-0.3, -0.25) is 4.79 Å². The van der Waals surface area contributed by atoms with Crippen molar-refractivity contribution in [3.63, 3.8) is 0 Å². The van der Waals surface area contributed by atoms with Crippen molar-refractivity contribution in [1.29, 1.82) is 0 Å².